The van der Waals surface area contributed by atoms with Crippen molar-refractivity contribution in [2.24, 2.45) is 5.84 Å². The molecule has 0 aliphatic carbocycles. The fourth-order valence-electron chi connectivity index (χ4n) is 1.80. The summed E-state index contributed by atoms with van der Waals surface area (Å²) in [6.45, 7) is 0. The molecule has 2 nitrogen and oxygen atoms in total. The summed E-state index contributed by atoms with van der Waals surface area (Å²) in [6.07, 6.45) is 0. The van der Waals surface area contributed by atoms with Crippen LogP contribution in [0.1, 0.15) is 17.2 Å². The van der Waals surface area contributed by atoms with Crippen LogP contribution in [0.2, 0.25) is 5.02 Å². The third-order valence-corrected chi connectivity index (χ3v) is 4.92. The average Bonchev–Trinajstić information content (AvgIpc) is 2.39. The van der Waals surface area contributed by atoms with E-state index in [1.54, 1.807) is 24.3 Å². The predicted molar refractivity (Wildman–Crippen MR) is 87.4 cm³/mol. The molecule has 0 saturated carbocycles. The van der Waals surface area contributed by atoms with E-state index >= 15 is 0 Å². The van der Waals surface area contributed by atoms with Crippen LogP contribution >= 0.6 is 50.1 Å². The quantitative estimate of drug-likeness (QED) is 0.409. The van der Waals surface area contributed by atoms with Crippen molar-refractivity contribution in [3.8, 4) is 0 Å². The Bertz CT molecular complexity index is 609. The monoisotopic (exact) mass is 454 g/mol. The topological polar surface area (TPSA) is 38.0 Å². The van der Waals surface area contributed by atoms with E-state index in [1.165, 1.54) is 0 Å². The molecule has 0 fully saturated rings. The van der Waals surface area contributed by atoms with Gasteiger partial charge in [-0.25, -0.2) is 9.82 Å². The van der Waals surface area contributed by atoms with E-state index in [1.807, 2.05) is 12.1 Å². The van der Waals surface area contributed by atoms with Gasteiger partial charge in [0.2, 0.25) is 0 Å². The highest BCUT2D eigenvalue weighted by Gasteiger charge is 2.18. The molecule has 2 rings (SSSR count). The molecule has 0 aliphatic rings. The lowest BCUT2D eigenvalue weighted by atomic mass is 9.99. The minimum atomic E-state index is -0.452. The van der Waals surface area contributed by atoms with Crippen molar-refractivity contribution >= 4 is 50.1 Å². The lowest BCUT2D eigenvalue weighted by Gasteiger charge is -2.18. The standard InChI is InChI=1S/C13H10BrClFIN2/c14-9-3-1-2-8(12(9)16)13(19-18)7-4-5-11(17)10(15)6-7/h1-6,13,19H,18H2. The molecule has 2 aromatic carbocycles. The third-order valence-electron chi connectivity index (χ3n) is 2.74. The Morgan fingerprint density at radius 3 is 2.68 bits per heavy atom. The van der Waals surface area contributed by atoms with Crippen LogP contribution in [-0.4, -0.2) is 0 Å². The number of nitrogens with one attached hydrogen (secondary N) is 1. The first-order chi connectivity index (χ1) is 9.04. The highest BCUT2D eigenvalue weighted by atomic mass is 127. The fourth-order valence-corrected chi connectivity index (χ4v) is 2.71. The Balaban J connectivity index is 2.50. The summed E-state index contributed by atoms with van der Waals surface area (Å²) in [5, 5.41) is 0.619. The Labute approximate surface area is 137 Å². The molecule has 6 heteroatoms. The van der Waals surface area contributed by atoms with Crippen molar-refractivity contribution in [1.82, 2.24) is 5.43 Å². The molecule has 0 spiro atoms. The van der Waals surface area contributed by atoms with Crippen LogP contribution in [0.4, 0.5) is 4.39 Å². The zero-order valence-corrected chi connectivity index (χ0v) is 14.1. The van der Waals surface area contributed by atoms with Gasteiger partial charge in [0.05, 0.1) is 15.5 Å². The summed E-state index contributed by atoms with van der Waals surface area (Å²) >= 11 is 11.4. The van der Waals surface area contributed by atoms with E-state index in [2.05, 4.69) is 43.9 Å². The number of benzene rings is 2. The van der Waals surface area contributed by atoms with Crippen molar-refractivity contribution in [3.63, 3.8) is 0 Å². The zero-order valence-electron chi connectivity index (χ0n) is 9.63. The van der Waals surface area contributed by atoms with Gasteiger partial charge < -0.3 is 0 Å². The molecule has 0 heterocycles. The summed E-state index contributed by atoms with van der Waals surface area (Å²) in [5.41, 5.74) is 3.90. The van der Waals surface area contributed by atoms with Gasteiger partial charge >= 0.3 is 0 Å². The summed E-state index contributed by atoms with van der Waals surface area (Å²) < 4.78 is 15.5. The first-order valence-corrected chi connectivity index (χ1v) is 7.64. The minimum Gasteiger partial charge on any atom is -0.271 e. The van der Waals surface area contributed by atoms with Gasteiger partial charge in [-0.05, 0) is 62.3 Å². The molecular formula is C13H10BrClFIN2. The van der Waals surface area contributed by atoms with Gasteiger partial charge in [0, 0.05) is 9.13 Å². The van der Waals surface area contributed by atoms with E-state index < -0.39 is 6.04 Å². The van der Waals surface area contributed by atoms with Crippen molar-refractivity contribution < 1.29 is 4.39 Å². The van der Waals surface area contributed by atoms with Crippen LogP contribution in [0.15, 0.2) is 40.9 Å². The first kappa shape index (κ1) is 15.2. The highest BCUT2D eigenvalue weighted by Crippen LogP contribution is 2.30. The van der Waals surface area contributed by atoms with Crippen LogP contribution in [0.3, 0.4) is 0 Å². The lowest BCUT2D eigenvalue weighted by molar-refractivity contribution is 0.556. The van der Waals surface area contributed by atoms with Crippen LogP contribution in [-0.2, 0) is 0 Å². The van der Waals surface area contributed by atoms with E-state index in [0.29, 0.717) is 15.1 Å². The predicted octanol–water partition coefficient (Wildman–Crippen LogP) is 4.40. The van der Waals surface area contributed by atoms with Gasteiger partial charge in [0.15, 0.2) is 0 Å². The molecule has 1 unspecified atom stereocenters. The van der Waals surface area contributed by atoms with Crippen molar-refractivity contribution in [2.75, 3.05) is 0 Å². The number of hydrogen-bond acceptors (Lipinski definition) is 2. The molecular weight excluding hydrogens is 445 g/mol. The number of nitrogens with two attached hydrogens (primary N) is 1. The van der Waals surface area contributed by atoms with E-state index in [9.17, 15) is 4.39 Å². The highest BCUT2D eigenvalue weighted by molar-refractivity contribution is 14.1. The van der Waals surface area contributed by atoms with Crippen LogP contribution in [0.5, 0.6) is 0 Å². The van der Waals surface area contributed by atoms with Crippen LogP contribution in [0, 0.1) is 9.39 Å². The summed E-state index contributed by atoms with van der Waals surface area (Å²) in [5.74, 6) is 5.23. The van der Waals surface area contributed by atoms with Gasteiger partial charge in [0.25, 0.3) is 0 Å². The van der Waals surface area contributed by atoms with Crippen LogP contribution < -0.4 is 11.3 Å². The number of hydrogen-bond donors (Lipinski definition) is 2. The molecule has 2 aromatic rings. The Morgan fingerprint density at radius 2 is 2.05 bits per heavy atom. The summed E-state index contributed by atoms with van der Waals surface area (Å²) in [4.78, 5) is 0. The van der Waals surface area contributed by atoms with Gasteiger partial charge in [-0.15, -0.1) is 0 Å². The third kappa shape index (κ3) is 3.28. The smallest absolute Gasteiger partial charge is 0.142 e. The van der Waals surface area contributed by atoms with E-state index in [-0.39, 0.29) is 5.82 Å². The van der Waals surface area contributed by atoms with Gasteiger partial charge in [-0.2, -0.15) is 0 Å². The maximum Gasteiger partial charge on any atom is 0.142 e. The van der Waals surface area contributed by atoms with E-state index in [0.717, 1.165) is 9.13 Å². The second-order valence-electron chi connectivity index (χ2n) is 3.92. The second kappa shape index (κ2) is 6.49. The largest absolute Gasteiger partial charge is 0.271 e. The normalized spacial score (nSPS) is 12.5. The maximum absolute atomic E-state index is 14.1. The molecule has 0 aliphatic heterocycles. The van der Waals surface area contributed by atoms with Gasteiger partial charge in [-0.3, -0.25) is 5.84 Å². The Kier molecular flexibility index (Phi) is 5.19. The molecule has 0 radical (unpaired) electrons. The molecule has 0 saturated heterocycles. The zero-order chi connectivity index (χ0) is 14.0. The van der Waals surface area contributed by atoms with Crippen LogP contribution in [0.25, 0.3) is 0 Å². The molecule has 0 bridgehead atoms. The second-order valence-corrected chi connectivity index (χ2v) is 6.34. The van der Waals surface area contributed by atoms with Gasteiger partial charge in [-0.1, -0.05) is 29.8 Å². The number of halogens is 4. The Hall–Kier alpha value is -0.210. The number of hydrazine groups is 1. The van der Waals surface area contributed by atoms with Crippen molar-refractivity contribution in [3.05, 3.63) is 66.4 Å². The molecule has 0 amide bonds. The maximum atomic E-state index is 14.1. The minimum absolute atomic E-state index is 0.333. The molecule has 19 heavy (non-hydrogen) atoms. The van der Waals surface area contributed by atoms with Gasteiger partial charge in [0.1, 0.15) is 5.82 Å². The molecule has 1 atom stereocenters. The Morgan fingerprint density at radius 1 is 1.32 bits per heavy atom. The molecule has 0 aromatic heterocycles. The molecule has 3 N–H and O–H groups in total. The summed E-state index contributed by atoms with van der Waals surface area (Å²) in [6, 6.07) is 10.2. The van der Waals surface area contributed by atoms with Crippen molar-refractivity contribution in [2.45, 2.75) is 6.04 Å². The molecule has 100 valence electrons. The van der Waals surface area contributed by atoms with Crippen molar-refractivity contribution in [1.29, 1.82) is 0 Å². The first-order valence-electron chi connectivity index (χ1n) is 5.39. The van der Waals surface area contributed by atoms with E-state index in [4.69, 9.17) is 17.4 Å². The SMILES string of the molecule is NNC(c1ccc(I)c(Cl)c1)c1cccc(Br)c1F. The fraction of sp³-hybridized carbons (Fsp3) is 0.0769. The number of rotatable bonds is 3. The summed E-state index contributed by atoms with van der Waals surface area (Å²) in [7, 11) is 0. The average molecular weight is 455 g/mol. The lowest BCUT2D eigenvalue weighted by Crippen LogP contribution is -2.29.